The number of aliphatic hydroxyl groups is 1. The molecule has 0 radical (unpaired) electrons. The Hall–Kier alpha value is -4.70. The summed E-state index contributed by atoms with van der Waals surface area (Å²) >= 11 is 0. The number of rotatable bonds is 6. The zero-order chi connectivity index (χ0) is 26.4. The van der Waals surface area contributed by atoms with Crippen molar-refractivity contribution in [3.05, 3.63) is 94.3 Å². The molecule has 1 aliphatic heterocycles. The first-order valence-corrected chi connectivity index (χ1v) is 12.5. The predicted octanol–water partition coefficient (Wildman–Crippen LogP) is 2.65. The number of aliphatic hydroxyl groups excluding tert-OH is 1. The Labute approximate surface area is 217 Å². The number of primary amides is 1. The fourth-order valence-electron chi connectivity index (χ4n) is 5.64. The second-order valence-electron chi connectivity index (χ2n) is 9.43. The van der Waals surface area contributed by atoms with Gasteiger partial charge in [-0.15, -0.1) is 0 Å². The van der Waals surface area contributed by atoms with E-state index in [0.717, 1.165) is 34.9 Å². The van der Waals surface area contributed by atoms with Gasteiger partial charge in [-0.05, 0) is 36.1 Å². The van der Waals surface area contributed by atoms with Crippen molar-refractivity contribution < 1.29 is 9.90 Å². The van der Waals surface area contributed by atoms with Gasteiger partial charge in [0.25, 0.3) is 11.5 Å². The standard InChI is InChI=1S/C28H27N7O3/c29-25-22-21(15-33(13-14-36)27(22)32-16-31-25)18-10-8-17(9-11-18)20-7-4-12-34-24(20)23(26(30)37)28(38)35(34)19-5-2-1-3-6-19/h1-3,5-6,8-11,15-16,20,36H,4,7,12-14H2,(H2,30,37)(H2,29,31,32). The topological polar surface area (TPSA) is 147 Å². The van der Waals surface area contributed by atoms with Crippen molar-refractivity contribution in [2.75, 3.05) is 12.3 Å². The van der Waals surface area contributed by atoms with Crippen LogP contribution in [0.15, 0.2) is 71.9 Å². The molecule has 5 aromatic rings. The van der Waals surface area contributed by atoms with Gasteiger partial charge in [-0.3, -0.25) is 14.3 Å². The predicted molar refractivity (Wildman–Crippen MR) is 144 cm³/mol. The molecule has 5 N–H and O–H groups in total. The van der Waals surface area contributed by atoms with Crippen LogP contribution in [-0.2, 0) is 13.1 Å². The highest BCUT2D eigenvalue weighted by molar-refractivity contribution is 6.00. The molecule has 4 heterocycles. The number of nitrogens with zero attached hydrogens (tertiary/aromatic N) is 5. The summed E-state index contributed by atoms with van der Waals surface area (Å²) < 4.78 is 5.33. The van der Waals surface area contributed by atoms with Gasteiger partial charge in [0.15, 0.2) is 0 Å². The molecule has 192 valence electrons. The summed E-state index contributed by atoms with van der Waals surface area (Å²) in [6.45, 7) is 0.976. The third kappa shape index (κ3) is 3.69. The third-order valence-electron chi connectivity index (χ3n) is 7.27. The number of hydrogen-bond donors (Lipinski definition) is 3. The van der Waals surface area contributed by atoms with E-state index < -0.39 is 11.5 Å². The first-order valence-electron chi connectivity index (χ1n) is 12.5. The fraction of sp³-hybridized carbons (Fsp3) is 0.214. The number of nitrogens with two attached hydrogens (primary N) is 2. The molecule has 1 amide bonds. The van der Waals surface area contributed by atoms with E-state index in [1.165, 1.54) is 6.33 Å². The van der Waals surface area contributed by atoms with Gasteiger partial charge in [-0.2, -0.15) is 0 Å². The minimum Gasteiger partial charge on any atom is -0.395 e. The van der Waals surface area contributed by atoms with E-state index in [-0.39, 0.29) is 18.1 Å². The summed E-state index contributed by atoms with van der Waals surface area (Å²) in [5.41, 5.74) is 16.4. The van der Waals surface area contributed by atoms with Crippen LogP contribution in [-0.4, -0.2) is 41.5 Å². The summed E-state index contributed by atoms with van der Waals surface area (Å²) in [4.78, 5) is 34.5. The first kappa shape index (κ1) is 23.7. The lowest BCUT2D eigenvalue weighted by Crippen LogP contribution is -2.26. The average molecular weight is 510 g/mol. The molecular formula is C28H27N7O3. The van der Waals surface area contributed by atoms with E-state index in [0.29, 0.717) is 35.9 Å². The van der Waals surface area contributed by atoms with Gasteiger partial charge in [0.1, 0.15) is 23.4 Å². The highest BCUT2D eigenvalue weighted by atomic mass is 16.3. The van der Waals surface area contributed by atoms with E-state index in [1.807, 2.05) is 70.0 Å². The molecule has 1 atom stereocenters. The number of fused-ring (bicyclic) bond motifs is 2. The second kappa shape index (κ2) is 9.31. The largest absolute Gasteiger partial charge is 0.395 e. The Morgan fingerprint density at radius 2 is 1.84 bits per heavy atom. The van der Waals surface area contributed by atoms with Crippen LogP contribution in [0.4, 0.5) is 5.82 Å². The average Bonchev–Trinajstić information content (AvgIpc) is 3.45. The summed E-state index contributed by atoms with van der Waals surface area (Å²) in [6, 6.07) is 17.3. The number of aromatic nitrogens is 5. The minimum atomic E-state index is -0.718. The van der Waals surface area contributed by atoms with Gasteiger partial charge in [0.2, 0.25) is 0 Å². The molecule has 0 spiro atoms. The van der Waals surface area contributed by atoms with Crippen molar-refractivity contribution in [2.24, 2.45) is 5.73 Å². The molecule has 1 unspecified atom stereocenters. The first-order chi connectivity index (χ1) is 18.5. The Morgan fingerprint density at radius 1 is 1.08 bits per heavy atom. The van der Waals surface area contributed by atoms with E-state index in [2.05, 4.69) is 9.97 Å². The molecule has 0 aliphatic carbocycles. The van der Waals surface area contributed by atoms with Crippen LogP contribution in [0.2, 0.25) is 0 Å². The lowest BCUT2D eigenvalue weighted by molar-refractivity contribution is 0.0997. The molecule has 0 bridgehead atoms. The molecule has 2 aromatic carbocycles. The van der Waals surface area contributed by atoms with Crippen LogP contribution in [0, 0.1) is 0 Å². The Kier molecular flexibility index (Phi) is 5.80. The summed E-state index contributed by atoms with van der Waals surface area (Å²) in [6.07, 6.45) is 4.97. The number of carbonyl (C=O) groups is 1. The van der Waals surface area contributed by atoms with Gasteiger partial charge in [-0.25, -0.2) is 14.6 Å². The van der Waals surface area contributed by atoms with Crippen molar-refractivity contribution in [1.82, 2.24) is 23.9 Å². The molecule has 10 heteroatoms. The molecule has 38 heavy (non-hydrogen) atoms. The van der Waals surface area contributed by atoms with E-state index in [1.54, 1.807) is 4.68 Å². The van der Waals surface area contributed by atoms with Gasteiger partial charge >= 0.3 is 0 Å². The Morgan fingerprint density at radius 3 is 2.55 bits per heavy atom. The number of carbonyl (C=O) groups excluding carboxylic acids is 1. The lowest BCUT2D eigenvalue weighted by Gasteiger charge is -2.27. The molecule has 3 aromatic heterocycles. The van der Waals surface area contributed by atoms with Crippen molar-refractivity contribution in [3.63, 3.8) is 0 Å². The van der Waals surface area contributed by atoms with Gasteiger partial charge < -0.3 is 21.1 Å². The normalized spacial score (nSPS) is 15.0. The zero-order valence-electron chi connectivity index (χ0n) is 20.6. The smallest absolute Gasteiger partial charge is 0.284 e. The van der Waals surface area contributed by atoms with E-state index >= 15 is 0 Å². The summed E-state index contributed by atoms with van der Waals surface area (Å²) in [5.74, 6) is -0.512. The maximum Gasteiger partial charge on any atom is 0.284 e. The SMILES string of the molecule is NC(=O)c1c2n(n(-c3ccccc3)c1=O)CCCC2c1ccc(-c2cn(CCO)c3ncnc(N)c23)cc1. The van der Waals surface area contributed by atoms with Crippen molar-refractivity contribution >= 4 is 22.8 Å². The van der Waals surface area contributed by atoms with Gasteiger partial charge in [0.05, 0.1) is 23.4 Å². The highest BCUT2D eigenvalue weighted by Gasteiger charge is 2.33. The molecule has 6 rings (SSSR count). The Bertz CT molecular complexity index is 1720. The molecule has 0 fully saturated rings. The van der Waals surface area contributed by atoms with Gasteiger partial charge in [0, 0.05) is 30.8 Å². The fourth-order valence-corrected chi connectivity index (χ4v) is 5.64. The minimum absolute atomic E-state index is 0.0275. The van der Waals surface area contributed by atoms with Crippen molar-refractivity contribution in [1.29, 1.82) is 0 Å². The maximum absolute atomic E-state index is 13.4. The van der Waals surface area contributed by atoms with Crippen molar-refractivity contribution in [2.45, 2.75) is 31.8 Å². The second-order valence-corrected chi connectivity index (χ2v) is 9.43. The molecule has 10 nitrogen and oxygen atoms in total. The molecule has 0 saturated heterocycles. The van der Waals surface area contributed by atoms with E-state index in [9.17, 15) is 14.7 Å². The van der Waals surface area contributed by atoms with Crippen LogP contribution in [0.3, 0.4) is 0 Å². The van der Waals surface area contributed by atoms with E-state index in [4.69, 9.17) is 11.5 Å². The number of nitrogen functional groups attached to an aromatic ring is 1. The van der Waals surface area contributed by atoms with Crippen LogP contribution < -0.4 is 17.0 Å². The van der Waals surface area contributed by atoms with Gasteiger partial charge in [-0.1, -0.05) is 42.5 Å². The van der Waals surface area contributed by atoms with Crippen LogP contribution in [0.5, 0.6) is 0 Å². The number of benzene rings is 2. The highest BCUT2D eigenvalue weighted by Crippen LogP contribution is 2.38. The van der Waals surface area contributed by atoms with Crippen LogP contribution >= 0.6 is 0 Å². The quantitative estimate of drug-likeness (QED) is 0.321. The summed E-state index contributed by atoms with van der Waals surface area (Å²) in [7, 11) is 0. The zero-order valence-corrected chi connectivity index (χ0v) is 20.6. The number of anilines is 1. The molecular weight excluding hydrogens is 482 g/mol. The Balaban J connectivity index is 1.45. The summed E-state index contributed by atoms with van der Waals surface area (Å²) in [5, 5.41) is 10.2. The van der Waals surface area contributed by atoms with Crippen LogP contribution in [0.25, 0.3) is 27.8 Å². The van der Waals surface area contributed by atoms with Crippen molar-refractivity contribution in [3.8, 4) is 16.8 Å². The monoisotopic (exact) mass is 509 g/mol. The number of para-hydroxylation sites is 1. The maximum atomic E-state index is 13.4. The van der Waals surface area contributed by atoms with Crippen LogP contribution in [0.1, 0.15) is 40.4 Å². The third-order valence-corrected chi connectivity index (χ3v) is 7.27. The number of hydrogen-bond acceptors (Lipinski definition) is 6. The lowest BCUT2D eigenvalue weighted by atomic mass is 9.86. The number of amides is 1. The molecule has 1 aliphatic rings. The molecule has 0 saturated carbocycles.